The second kappa shape index (κ2) is 8.08. The van der Waals surface area contributed by atoms with Gasteiger partial charge < -0.3 is 14.6 Å². The van der Waals surface area contributed by atoms with Crippen LogP contribution in [0.15, 0.2) is 53.1 Å². The van der Waals surface area contributed by atoms with Crippen molar-refractivity contribution >= 4 is 17.3 Å². The maximum Gasteiger partial charge on any atom is 0.169 e. The number of rotatable bonds is 6. The third kappa shape index (κ3) is 4.93. The van der Waals surface area contributed by atoms with Crippen molar-refractivity contribution in [3.8, 4) is 6.07 Å². The summed E-state index contributed by atoms with van der Waals surface area (Å²) in [5.41, 5.74) is 1.16. The first-order valence-electron chi connectivity index (χ1n) is 6.75. The first-order valence-corrected chi connectivity index (χ1v) is 7.16. The molecule has 1 N–H and O–H groups in total. The minimum Gasteiger partial charge on any atom is -0.467 e. The molecule has 1 heterocycles. The Morgan fingerprint density at radius 2 is 2.05 bits per heavy atom. The quantitative estimate of drug-likeness (QED) is 0.831. The Kier molecular flexibility index (Phi) is 5.80. The van der Waals surface area contributed by atoms with Crippen molar-refractivity contribution in [3.05, 3.63) is 60.1 Å². The molecule has 21 heavy (non-hydrogen) atoms. The first kappa shape index (κ1) is 15.1. The van der Waals surface area contributed by atoms with Crippen LogP contribution in [0, 0.1) is 11.3 Å². The van der Waals surface area contributed by atoms with E-state index >= 15 is 0 Å². The van der Waals surface area contributed by atoms with E-state index in [4.69, 9.17) is 21.9 Å². The van der Waals surface area contributed by atoms with Crippen molar-refractivity contribution in [2.45, 2.75) is 19.5 Å². The predicted octanol–water partition coefficient (Wildman–Crippen LogP) is 3.07. The zero-order valence-electron chi connectivity index (χ0n) is 11.7. The zero-order chi connectivity index (χ0) is 14.9. The molecule has 2 rings (SSSR count). The summed E-state index contributed by atoms with van der Waals surface area (Å²) >= 11 is 5.42. The van der Waals surface area contributed by atoms with Crippen molar-refractivity contribution in [1.29, 1.82) is 5.26 Å². The molecular weight excluding hydrogens is 282 g/mol. The van der Waals surface area contributed by atoms with Gasteiger partial charge >= 0.3 is 0 Å². The van der Waals surface area contributed by atoms with E-state index < -0.39 is 0 Å². The lowest BCUT2D eigenvalue weighted by atomic mass is 10.2. The average Bonchev–Trinajstić information content (AvgIpc) is 3.03. The van der Waals surface area contributed by atoms with Crippen LogP contribution in [0.2, 0.25) is 0 Å². The predicted molar refractivity (Wildman–Crippen MR) is 85.2 cm³/mol. The Labute approximate surface area is 130 Å². The van der Waals surface area contributed by atoms with Crippen LogP contribution in [0.1, 0.15) is 17.7 Å². The van der Waals surface area contributed by atoms with E-state index in [1.165, 1.54) is 0 Å². The lowest BCUT2D eigenvalue weighted by Gasteiger charge is -2.25. The fourth-order valence-electron chi connectivity index (χ4n) is 1.93. The molecule has 0 aliphatic carbocycles. The molecule has 0 atom stereocenters. The number of nitriles is 1. The van der Waals surface area contributed by atoms with E-state index in [0.717, 1.165) is 11.3 Å². The summed E-state index contributed by atoms with van der Waals surface area (Å²) in [4.78, 5) is 2.00. The van der Waals surface area contributed by atoms with E-state index in [2.05, 4.69) is 23.5 Å². The van der Waals surface area contributed by atoms with E-state index in [1.54, 1.807) is 6.26 Å². The van der Waals surface area contributed by atoms with Crippen molar-refractivity contribution in [2.24, 2.45) is 0 Å². The molecule has 0 fully saturated rings. The maximum absolute atomic E-state index is 8.79. The molecule has 0 aliphatic rings. The number of hydrogen-bond donors (Lipinski definition) is 1. The van der Waals surface area contributed by atoms with Gasteiger partial charge in [-0.1, -0.05) is 30.3 Å². The number of nitrogens with zero attached hydrogens (tertiary/aromatic N) is 2. The largest absolute Gasteiger partial charge is 0.467 e. The van der Waals surface area contributed by atoms with Gasteiger partial charge in [-0.05, 0) is 29.9 Å². The van der Waals surface area contributed by atoms with Gasteiger partial charge in [0, 0.05) is 13.1 Å². The third-order valence-corrected chi connectivity index (χ3v) is 3.39. The number of nitrogens with one attached hydrogen (secondary N) is 1. The second-order valence-electron chi connectivity index (χ2n) is 4.55. The van der Waals surface area contributed by atoms with E-state index in [0.29, 0.717) is 31.2 Å². The van der Waals surface area contributed by atoms with Crippen molar-refractivity contribution < 1.29 is 4.42 Å². The minimum atomic E-state index is 0.440. The van der Waals surface area contributed by atoms with Crippen LogP contribution < -0.4 is 5.32 Å². The van der Waals surface area contributed by atoms with Gasteiger partial charge in [0.15, 0.2) is 5.11 Å². The molecule has 1 aromatic heterocycles. The minimum absolute atomic E-state index is 0.440. The van der Waals surface area contributed by atoms with Crippen LogP contribution in [0.5, 0.6) is 0 Å². The smallest absolute Gasteiger partial charge is 0.169 e. The summed E-state index contributed by atoms with van der Waals surface area (Å²) < 4.78 is 5.27. The highest BCUT2D eigenvalue weighted by atomic mass is 32.1. The number of hydrogen-bond acceptors (Lipinski definition) is 3. The number of benzene rings is 1. The lowest BCUT2D eigenvalue weighted by Crippen LogP contribution is -2.39. The summed E-state index contributed by atoms with van der Waals surface area (Å²) in [5.74, 6) is 0.831. The fraction of sp³-hybridized carbons (Fsp3) is 0.250. The zero-order valence-corrected chi connectivity index (χ0v) is 12.5. The maximum atomic E-state index is 8.79. The Bertz CT molecular complexity index is 590. The standard InChI is InChI=1S/C16H17N3OS/c17-9-5-10-19(13-14-6-2-1-3-7-14)16(21)18-12-15-8-4-11-20-15/h1-4,6-8,11H,5,10,12-13H2,(H,18,21). The summed E-state index contributed by atoms with van der Waals surface area (Å²) in [6, 6.07) is 16.0. The van der Waals surface area contributed by atoms with E-state index in [-0.39, 0.29) is 0 Å². The van der Waals surface area contributed by atoms with Crippen molar-refractivity contribution in [2.75, 3.05) is 6.54 Å². The SMILES string of the molecule is N#CCCN(Cc1ccccc1)C(=S)NCc1ccco1. The van der Waals surface area contributed by atoms with Gasteiger partial charge in [0.25, 0.3) is 0 Å². The fourth-order valence-corrected chi connectivity index (χ4v) is 2.16. The summed E-state index contributed by atoms with van der Waals surface area (Å²) in [6.07, 6.45) is 2.08. The molecule has 0 bridgehead atoms. The van der Waals surface area contributed by atoms with Crippen molar-refractivity contribution in [3.63, 3.8) is 0 Å². The second-order valence-corrected chi connectivity index (χ2v) is 4.94. The van der Waals surface area contributed by atoms with Gasteiger partial charge in [0.2, 0.25) is 0 Å². The third-order valence-electron chi connectivity index (χ3n) is 2.99. The number of thiocarbonyl (C=S) groups is 1. The van der Waals surface area contributed by atoms with Gasteiger partial charge in [-0.25, -0.2) is 0 Å². The molecule has 0 saturated carbocycles. The van der Waals surface area contributed by atoms with Crippen LogP contribution >= 0.6 is 12.2 Å². The molecular formula is C16H17N3OS. The molecule has 0 aliphatic heterocycles. The van der Waals surface area contributed by atoms with Crippen molar-refractivity contribution in [1.82, 2.24) is 10.2 Å². The summed E-state index contributed by atoms with van der Waals surface area (Å²) in [5, 5.41) is 12.6. The summed E-state index contributed by atoms with van der Waals surface area (Å²) in [7, 11) is 0. The topological polar surface area (TPSA) is 52.2 Å². The first-order chi connectivity index (χ1) is 10.3. The Balaban J connectivity index is 1.94. The molecule has 0 amide bonds. The van der Waals surface area contributed by atoms with Gasteiger partial charge in [-0.3, -0.25) is 0 Å². The van der Waals surface area contributed by atoms with Crippen LogP contribution in [-0.4, -0.2) is 16.6 Å². The van der Waals surface area contributed by atoms with E-state index in [1.807, 2.05) is 35.2 Å². The van der Waals surface area contributed by atoms with Gasteiger partial charge in [0.1, 0.15) is 5.76 Å². The molecule has 0 saturated heterocycles. The van der Waals surface area contributed by atoms with Gasteiger partial charge in [-0.15, -0.1) is 0 Å². The molecule has 1 aromatic carbocycles. The van der Waals surface area contributed by atoms with Gasteiger partial charge in [-0.2, -0.15) is 5.26 Å². The van der Waals surface area contributed by atoms with Crippen LogP contribution in [-0.2, 0) is 13.1 Å². The van der Waals surface area contributed by atoms with Crippen LogP contribution in [0.25, 0.3) is 0 Å². The highest BCUT2D eigenvalue weighted by Gasteiger charge is 2.10. The van der Waals surface area contributed by atoms with Crippen LogP contribution in [0.3, 0.4) is 0 Å². The molecule has 4 nitrogen and oxygen atoms in total. The normalized spacial score (nSPS) is 9.86. The summed E-state index contributed by atoms with van der Waals surface area (Å²) in [6.45, 7) is 1.84. The monoisotopic (exact) mass is 299 g/mol. The molecule has 0 radical (unpaired) electrons. The van der Waals surface area contributed by atoms with E-state index in [9.17, 15) is 0 Å². The highest BCUT2D eigenvalue weighted by Crippen LogP contribution is 2.06. The molecule has 108 valence electrons. The number of furan rings is 1. The molecule has 0 unspecified atom stereocenters. The van der Waals surface area contributed by atoms with Gasteiger partial charge in [0.05, 0.1) is 25.3 Å². The molecule has 5 heteroatoms. The molecule has 2 aromatic rings. The Morgan fingerprint density at radius 1 is 1.24 bits per heavy atom. The highest BCUT2D eigenvalue weighted by molar-refractivity contribution is 7.80. The molecule has 0 spiro atoms. The lowest BCUT2D eigenvalue weighted by molar-refractivity contribution is 0.409. The Hall–Kier alpha value is -2.32. The Morgan fingerprint density at radius 3 is 2.71 bits per heavy atom. The van der Waals surface area contributed by atoms with Crippen LogP contribution in [0.4, 0.5) is 0 Å². The average molecular weight is 299 g/mol.